The number of hydrogen-bond acceptors (Lipinski definition) is 5. The number of carbonyl (C=O) groups is 1. The van der Waals surface area contributed by atoms with Gasteiger partial charge in [-0.3, -0.25) is 4.79 Å². The highest BCUT2D eigenvalue weighted by Gasteiger charge is 2.18. The first-order chi connectivity index (χ1) is 12.6. The summed E-state index contributed by atoms with van der Waals surface area (Å²) in [7, 11) is 4.57. The van der Waals surface area contributed by atoms with Crippen molar-refractivity contribution in [1.29, 1.82) is 0 Å². The third-order valence-corrected chi connectivity index (χ3v) is 4.11. The zero-order chi connectivity index (χ0) is 18.7. The molecule has 0 radical (unpaired) electrons. The monoisotopic (exact) mass is 352 g/mol. The van der Waals surface area contributed by atoms with Crippen LogP contribution in [-0.2, 0) is 0 Å². The fourth-order valence-electron chi connectivity index (χ4n) is 2.80. The van der Waals surface area contributed by atoms with E-state index < -0.39 is 0 Å². The highest BCUT2D eigenvalue weighted by atomic mass is 16.5. The van der Waals surface area contributed by atoms with Gasteiger partial charge in [-0.1, -0.05) is 6.07 Å². The van der Waals surface area contributed by atoms with Gasteiger partial charge in [0.25, 0.3) is 0 Å². The van der Waals surface area contributed by atoms with E-state index in [0.29, 0.717) is 28.4 Å². The van der Waals surface area contributed by atoms with Crippen LogP contribution in [-0.4, -0.2) is 36.7 Å². The normalized spacial score (nSPS) is 11.5. The molecule has 0 saturated carbocycles. The van der Waals surface area contributed by atoms with Gasteiger partial charge in [-0.2, -0.15) is 5.10 Å². The maximum absolute atomic E-state index is 12.9. The standard InChI is InChI=1S/C20H20N2O4/c1-13(9-15-12-21-22-8-6-5-7-16(15)22)19(23)14-10-17(24-2)20(26-4)18(11-14)25-3/h5-12H,1-4H3/b13-9+. The Hall–Kier alpha value is -3.28. The number of rotatable bonds is 6. The lowest BCUT2D eigenvalue weighted by atomic mass is 10.0. The number of methoxy groups -OCH3 is 3. The van der Waals surface area contributed by atoms with Crippen molar-refractivity contribution in [3.63, 3.8) is 0 Å². The SMILES string of the molecule is COc1cc(C(=O)/C(C)=C/c2cnn3ccccc23)cc(OC)c1OC. The molecule has 134 valence electrons. The molecule has 0 spiro atoms. The molecule has 3 aromatic rings. The maximum atomic E-state index is 12.9. The van der Waals surface area contributed by atoms with Crippen LogP contribution in [0.4, 0.5) is 0 Å². The van der Waals surface area contributed by atoms with Gasteiger partial charge in [0.1, 0.15) is 0 Å². The first kappa shape index (κ1) is 17.5. The summed E-state index contributed by atoms with van der Waals surface area (Å²) in [6.07, 6.45) is 5.43. The average Bonchev–Trinajstić information content (AvgIpc) is 3.09. The zero-order valence-corrected chi connectivity index (χ0v) is 15.1. The van der Waals surface area contributed by atoms with E-state index in [9.17, 15) is 4.79 Å². The predicted molar refractivity (Wildman–Crippen MR) is 99.3 cm³/mol. The molecule has 0 amide bonds. The van der Waals surface area contributed by atoms with E-state index in [1.165, 1.54) is 21.3 Å². The van der Waals surface area contributed by atoms with Crippen molar-refractivity contribution in [2.24, 2.45) is 0 Å². The second-order valence-electron chi connectivity index (χ2n) is 5.70. The maximum Gasteiger partial charge on any atom is 0.203 e. The minimum Gasteiger partial charge on any atom is -0.493 e. The number of aromatic nitrogens is 2. The Morgan fingerprint density at radius 1 is 1.08 bits per heavy atom. The van der Waals surface area contributed by atoms with Gasteiger partial charge < -0.3 is 14.2 Å². The molecule has 2 aromatic heterocycles. The molecule has 0 saturated heterocycles. The number of carbonyl (C=O) groups excluding carboxylic acids is 1. The number of allylic oxidation sites excluding steroid dienone is 1. The summed E-state index contributed by atoms with van der Waals surface area (Å²) in [5.41, 5.74) is 2.86. The van der Waals surface area contributed by atoms with E-state index in [4.69, 9.17) is 14.2 Å². The number of benzene rings is 1. The second-order valence-corrected chi connectivity index (χ2v) is 5.70. The number of ether oxygens (including phenoxy) is 3. The summed E-state index contributed by atoms with van der Waals surface area (Å²) in [5.74, 6) is 1.22. The number of fused-ring (bicyclic) bond motifs is 1. The summed E-state index contributed by atoms with van der Waals surface area (Å²) < 4.78 is 17.7. The molecule has 0 aliphatic carbocycles. The van der Waals surface area contributed by atoms with Crippen molar-refractivity contribution in [2.45, 2.75) is 6.92 Å². The van der Waals surface area contributed by atoms with Gasteiger partial charge in [0.2, 0.25) is 5.75 Å². The third-order valence-electron chi connectivity index (χ3n) is 4.11. The lowest BCUT2D eigenvalue weighted by Crippen LogP contribution is -2.04. The van der Waals surface area contributed by atoms with E-state index in [2.05, 4.69) is 5.10 Å². The highest BCUT2D eigenvalue weighted by molar-refractivity contribution is 6.11. The fourth-order valence-corrected chi connectivity index (χ4v) is 2.80. The van der Waals surface area contributed by atoms with Gasteiger partial charge in [-0.25, -0.2) is 4.52 Å². The van der Waals surface area contributed by atoms with Gasteiger partial charge in [0, 0.05) is 17.3 Å². The molecule has 0 N–H and O–H groups in total. The number of ketones is 1. The van der Waals surface area contributed by atoms with Crippen LogP contribution in [0.1, 0.15) is 22.8 Å². The molecule has 0 fully saturated rings. The van der Waals surface area contributed by atoms with Crippen molar-refractivity contribution < 1.29 is 19.0 Å². The van der Waals surface area contributed by atoms with Crippen LogP contribution in [0.3, 0.4) is 0 Å². The lowest BCUT2D eigenvalue weighted by Gasteiger charge is -2.13. The first-order valence-electron chi connectivity index (χ1n) is 8.04. The molecule has 1 aromatic carbocycles. The molecular formula is C20H20N2O4. The Bertz CT molecular complexity index is 963. The predicted octanol–water partition coefficient (Wildman–Crippen LogP) is 3.65. The summed E-state index contributed by atoms with van der Waals surface area (Å²) >= 11 is 0. The Morgan fingerprint density at radius 2 is 1.77 bits per heavy atom. The number of pyridine rings is 1. The molecule has 3 rings (SSSR count). The van der Waals surface area contributed by atoms with Crippen molar-refractivity contribution in [3.05, 3.63) is 59.4 Å². The topological polar surface area (TPSA) is 62.1 Å². The summed E-state index contributed by atoms with van der Waals surface area (Å²) in [5, 5.41) is 4.29. The molecule has 0 atom stereocenters. The van der Waals surface area contributed by atoms with Gasteiger partial charge >= 0.3 is 0 Å². The van der Waals surface area contributed by atoms with Gasteiger partial charge in [0.05, 0.1) is 33.0 Å². The molecule has 6 heteroatoms. The molecule has 26 heavy (non-hydrogen) atoms. The molecule has 0 bridgehead atoms. The van der Waals surface area contributed by atoms with Crippen LogP contribution < -0.4 is 14.2 Å². The van der Waals surface area contributed by atoms with E-state index in [-0.39, 0.29) is 5.78 Å². The number of nitrogens with zero attached hydrogens (tertiary/aromatic N) is 2. The Labute approximate surface area is 151 Å². The Balaban J connectivity index is 2.00. The lowest BCUT2D eigenvalue weighted by molar-refractivity contribution is 0.103. The van der Waals surface area contributed by atoms with Gasteiger partial charge in [-0.05, 0) is 42.8 Å². The van der Waals surface area contributed by atoms with Gasteiger partial charge in [0.15, 0.2) is 17.3 Å². The molecule has 6 nitrogen and oxygen atoms in total. The van der Waals surface area contributed by atoms with Crippen LogP contribution in [0.15, 0.2) is 48.3 Å². The molecule has 0 aliphatic rings. The van der Waals surface area contributed by atoms with E-state index >= 15 is 0 Å². The van der Waals surface area contributed by atoms with Crippen LogP contribution >= 0.6 is 0 Å². The largest absolute Gasteiger partial charge is 0.493 e. The minimum absolute atomic E-state index is 0.125. The smallest absolute Gasteiger partial charge is 0.203 e. The van der Waals surface area contributed by atoms with Crippen molar-refractivity contribution in [1.82, 2.24) is 9.61 Å². The fraction of sp³-hybridized carbons (Fsp3) is 0.200. The number of Topliss-reactive ketones (excluding diaryl/α,β-unsaturated/α-hetero) is 1. The summed E-state index contributed by atoms with van der Waals surface area (Å²) in [4.78, 5) is 12.9. The van der Waals surface area contributed by atoms with E-state index in [1.807, 2.05) is 30.5 Å². The second kappa shape index (κ2) is 7.31. The zero-order valence-electron chi connectivity index (χ0n) is 15.1. The molecule has 2 heterocycles. The van der Waals surface area contributed by atoms with E-state index in [1.54, 1.807) is 29.8 Å². The molecular weight excluding hydrogens is 332 g/mol. The molecule has 0 aliphatic heterocycles. The quantitative estimate of drug-likeness (QED) is 0.501. The van der Waals surface area contributed by atoms with Crippen molar-refractivity contribution in [3.8, 4) is 17.2 Å². The first-order valence-corrected chi connectivity index (χ1v) is 8.04. The van der Waals surface area contributed by atoms with Crippen LogP contribution in [0, 0.1) is 0 Å². The minimum atomic E-state index is -0.125. The number of hydrogen-bond donors (Lipinski definition) is 0. The van der Waals surface area contributed by atoms with Crippen LogP contribution in [0.2, 0.25) is 0 Å². The summed E-state index contributed by atoms with van der Waals surface area (Å²) in [6.45, 7) is 1.78. The van der Waals surface area contributed by atoms with Crippen molar-refractivity contribution in [2.75, 3.05) is 21.3 Å². The highest BCUT2D eigenvalue weighted by Crippen LogP contribution is 2.38. The van der Waals surface area contributed by atoms with Crippen LogP contribution in [0.5, 0.6) is 17.2 Å². The molecule has 0 unspecified atom stereocenters. The van der Waals surface area contributed by atoms with Gasteiger partial charge in [-0.15, -0.1) is 0 Å². The third kappa shape index (κ3) is 3.13. The van der Waals surface area contributed by atoms with Crippen molar-refractivity contribution >= 4 is 17.4 Å². The van der Waals surface area contributed by atoms with Crippen LogP contribution in [0.25, 0.3) is 11.6 Å². The Kier molecular flexibility index (Phi) is 4.93. The average molecular weight is 352 g/mol. The Morgan fingerprint density at radius 3 is 2.38 bits per heavy atom. The summed E-state index contributed by atoms with van der Waals surface area (Å²) in [6, 6.07) is 9.09. The van der Waals surface area contributed by atoms with E-state index in [0.717, 1.165) is 11.1 Å².